The van der Waals surface area contributed by atoms with Gasteiger partial charge in [0, 0.05) is 30.9 Å². The van der Waals surface area contributed by atoms with Crippen LogP contribution in [0.5, 0.6) is 11.5 Å². The first-order valence-electron chi connectivity index (χ1n) is 11.4. The lowest BCUT2D eigenvalue weighted by Crippen LogP contribution is -2.44. The number of hydrogen-bond acceptors (Lipinski definition) is 8. The van der Waals surface area contributed by atoms with E-state index in [4.69, 9.17) is 9.47 Å². The zero-order valence-corrected chi connectivity index (χ0v) is 19.1. The number of thioether (sulfide) groups is 1. The van der Waals surface area contributed by atoms with E-state index in [9.17, 15) is 9.59 Å². The van der Waals surface area contributed by atoms with Gasteiger partial charge in [-0.3, -0.25) is 9.59 Å². The molecule has 0 bridgehead atoms. The summed E-state index contributed by atoms with van der Waals surface area (Å²) in [6.07, 6.45) is 4.07. The molecule has 2 fully saturated rings. The average molecular weight is 470 g/mol. The molecule has 1 aromatic heterocycles. The van der Waals surface area contributed by atoms with Crippen LogP contribution in [0.25, 0.3) is 0 Å². The Hall–Kier alpha value is -3.01. The smallest absolute Gasteiger partial charge is 0.234 e. The average Bonchev–Trinajstić information content (AvgIpc) is 3.67. The zero-order valence-electron chi connectivity index (χ0n) is 18.3. The number of benzene rings is 1. The first-order chi connectivity index (χ1) is 16.1. The molecule has 10 heteroatoms. The van der Waals surface area contributed by atoms with Crippen LogP contribution < -0.4 is 25.0 Å². The predicted molar refractivity (Wildman–Crippen MR) is 125 cm³/mol. The van der Waals surface area contributed by atoms with Crippen molar-refractivity contribution in [1.82, 2.24) is 15.5 Å². The monoisotopic (exact) mass is 469 g/mol. The van der Waals surface area contributed by atoms with Gasteiger partial charge in [0.15, 0.2) is 17.3 Å². The number of hydrogen-bond donors (Lipinski definition) is 2. The van der Waals surface area contributed by atoms with Gasteiger partial charge in [-0.15, -0.1) is 10.2 Å². The Morgan fingerprint density at radius 1 is 1.06 bits per heavy atom. The topological polar surface area (TPSA) is 106 Å². The van der Waals surface area contributed by atoms with Crippen molar-refractivity contribution < 1.29 is 19.1 Å². The zero-order chi connectivity index (χ0) is 22.6. The van der Waals surface area contributed by atoms with Crippen LogP contribution in [-0.4, -0.2) is 60.1 Å². The normalized spacial score (nSPS) is 19.6. The maximum Gasteiger partial charge on any atom is 0.234 e. The summed E-state index contributed by atoms with van der Waals surface area (Å²) in [5.74, 6) is 2.33. The summed E-state index contributed by atoms with van der Waals surface area (Å²) in [7, 11) is 0. The van der Waals surface area contributed by atoms with E-state index in [0.29, 0.717) is 48.0 Å². The molecule has 3 heterocycles. The van der Waals surface area contributed by atoms with Gasteiger partial charge in [-0.05, 0) is 49.9 Å². The molecule has 5 rings (SSSR count). The number of nitrogens with one attached hydrogen (secondary N) is 2. The van der Waals surface area contributed by atoms with Crippen molar-refractivity contribution in [3.63, 3.8) is 0 Å². The fourth-order valence-electron chi connectivity index (χ4n) is 3.96. The number of piperidine rings is 1. The standard InChI is InChI=1S/C23H27N5O4S/c29-21(24-17-5-6-18-19(12-17)32-11-10-31-18)14-33-22-8-7-20(26-27-22)28-9-1-2-15(13-28)23(30)25-16-3-4-16/h5-8,12,15-16H,1-4,9-11,13-14H2,(H,24,29)(H,25,30). The molecule has 174 valence electrons. The molecule has 2 aliphatic heterocycles. The van der Waals surface area contributed by atoms with Gasteiger partial charge < -0.3 is 25.0 Å². The molecule has 0 radical (unpaired) electrons. The molecular weight excluding hydrogens is 442 g/mol. The van der Waals surface area contributed by atoms with Crippen molar-refractivity contribution >= 4 is 35.1 Å². The number of amides is 2. The largest absolute Gasteiger partial charge is 0.486 e. The molecule has 2 aromatic rings. The van der Waals surface area contributed by atoms with E-state index < -0.39 is 0 Å². The third-order valence-corrected chi connectivity index (χ3v) is 6.76. The predicted octanol–water partition coefficient (Wildman–Crippen LogP) is 2.47. The number of rotatable bonds is 7. The third kappa shape index (κ3) is 5.68. The second-order valence-corrected chi connectivity index (χ2v) is 9.49. The van der Waals surface area contributed by atoms with E-state index in [2.05, 4.69) is 25.7 Å². The molecule has 1 aromatic carbocycles. The first-order valence-corrected chi connectivity index (χ1v) is 12.3. The highest BCUT2D eigenvalue weighted by molar-refractivity contribution is 7.99. The molecule has 1 saturated heterocycles. The maximum atomic E-state index is 12.4. The molecule has 9 nitrogen and oxygen atoms in total. The maximum absolute atomic E-state index is 12.4. The van der Waals surface area contributed by atoms with Crippen LogP contribution in [0, 0.1) is 5.92 Å². The third-order valence-electron chi connectivity index (χ3n) is 5.84. The summed E-state index contributed by atoms with van der Waals surface area (Å²) in [4.78, 5) is 26.9. The molecule has 1 aliphatic carbocycles. The minimum atomic E-state index is -0.136. The highest BCUT2D eigenvalue weighted by atomic mass is 32.2. The second kappa shape index (κ2) is 9.86. The lowest BCUT2D eigenvalue weighted by Gasteiger charge is -2.32. The molecular formula is C23H27N5O4S. The van der Waals surface area contributed by atoms with E-state index in [-0.39, 0.29) is 23.5 Å². The van der Waals surface area contributed by atoms with Crippen molar-refractivity contribution in [3.05, 3.63) is 30.3 Å². The Kier molecular flexibility index (Phi) is 6.52. The Morgan fingerprint density at radius 3 is 2.70 bits per heavy atom. The molecule has 3 aliphatic rings. The SMILES string of the molecule is O=C(CSc1ccc(N2CCCC(C(=O)NC3CC3)C2)nn1)Nc1ccc2c(c1)OCCO2. The summed E-state index contributed by atoms with van der Waals surface area (Å²) in [5, 5.41) is 15.3. The van der Waals surface area contributed by atoms with Crippen LogP contribution >= 0.6 is 11.8 Å². The van der Waals surface area contributed by atoms with Gasteiger partial charge in [-0.1, -0.05) is 11.8 Å². The second-order valence-electron chi connectivity index (χ2n) is 8.49. The van der Waals surface area contributed by atoms with Crippen molar-refractivity contribution in [3.8, 4) is 11.5 Å². The quantitative estimate of drug-likeness (QED) is 0.596. The fraction of sp³-hybridized carbons (Fsp3) is 0.478. The number of ether oxygens (including phenoxy) is 2. The van der Waals surface area contributed by atoms with Crippen molar-refractivity contribution in [2.75, 3.05) is 42.3 Å². The Labute approximate surface area is 196 Å². The lowest BCUT2D eigenvalue weighted by molar-refractivity contribution is -0.125. The lowest BCUT2D eigenvalue weighted by atomic mass is 9.97. The van der Waals surface area contributed by atoms with E-state index in [1.54, 1.807) is 18.2 Å². The summed E-state index contributed by atoms with van der Waals surface area (Å²) < 4.78 is 11.0. The Bertz CT molecular complexity index is 1010. The number of aromatic nitrogens is 2. The van der Waals surface area contributed by atoms with E-state index >= 15 is 0 Å². The molecule has 1 saturated carbocycles. The Balaban J connectivity index is 1.11. The van der Waals surface area contributed by atoms with Crippen LogP contribution in [0.2, 0.25) is 0 Å². The van der Waals surface area contributed by atoms with Crippen LogP contribution in [0.1, 0.15) is 25.7 Å². The van der Waals surface area contributed by atoms with Crippen LogP contribution in [0.3, 0.4) is 0 Å². The van der Waals surface area contributed by atoms with E-state index in [0.717, 1.165) is 38.0 Å². The molecule has 1 unspecified atom stereocenters. The summed E-state index contributed by atoms with van der Waals surface area (Å²) in [6, 6.07) is 9.52. The Morgan fingerprint density at radius 2 is 1.91 bits per heavy atom. The minimum absolute atomic E-state index is 0.000505. The number of fused-ring (bicyclic) bond motifs is 1. The summed E-state index contributed by atoms with van der Waals surface area (Å²) in [5.41, 5.74) is 0.664. The van der Waals surface area contributed by atoms with Crippen molar-refractivity contribution in [1.29, 1.82) is 0 Å². The highest BCUT2D eigenvalue weighted by Crippen LogP contribution is 2.32. The highest BCUT2D eigenvalue weighted by Gasteiger charge is 2.31. The summed E-state index contributed by atoms with van der Waals surface area (Å²) >= 11 is 1.33. The molecule has 2 N–H and O–H groups in total. The van der Waals surface area contributed by atoms with Crippen molar-refractivity contribution in [2.45, 2.75) is 36.8 Å². The van der Waals surface area contributed by atoms with E-state index in [1.807, 2.05) is 12.1 Å². The van der Waals surface area contributed by atoms with Gasteiger partial charge in [0.1, 0.15) is 18.2 Å². The molecule has 33 heavy (non-hydrogen) atoms. The number of nitrogens with zero attached hydrogens (tertiary/aromatic N) is 3. The first kappa shape index (κ1) is 21.8. The van der Waals surface area contributed by atoms with Crippen molar-refractivity contribution in [2.24, 2.45) is 5.92 Å². The van der Waals surface area contributed by atoms with Crippen LogP contribution in [0.15, 0.2) is 35.4 Å². The molecule has 1 atom stereocenters. The van der Waals surface area contributed by atoms with E-state index in [1.165, 1.54) is 11.8 Å². The van der Waals surface area contributed by atoms with Gasteiger partial charge >= 0.3 is 0 Å². The molecule has 2 amide bonds. The number of anilines is 2. The summed E-state index contributed by atoms with van der Waals surface area (Å²) in [6.45, 7) is 2.56. The van der Waals surface area contributed by atoms with Gasteiger partial charge in [0.2, 0.25) is 11.8 Å². The van der Waals surface area contributed by atoms with Gasteiger partial charge in [-0.25, -0.2) is 0 Å². The number of carbonyl (C=O) groups is 2. The molecule has 0 spiro atoms. The van der Waals surface area contributed by atoms with Gasteiger partial charge in [0.05, 0.1) is 11.7 Å². The number of carbonyl (C=O) groups excluding carboxylic acids is 2. The van der Waals surface area contributed by atoms with Gasteiger partial charge in [-0.2, -0.15) is 0 Å². The fourth-order valence-corrected chi connectivity index (χ4v) is 4.58. The van der Waals surface area contributed by atoms with Crippen LogP contribution in [0.4, 0.5) is 11.5 Å². The minimum Gasteiger partial charge on any atom is -0.486 e. The van der Waals surface area contributed by atoms with Crippen LogP contribution in [-0.2, 0) is 9.59 Å². The van der Waals surface area contributed by atoms with Gasteiger partial charge in [0.25, 0.3) is 0 Å².